The summed E-state index contributed by atoms with van der Waals surface area (Å²) in [5.74, 6) is -2.77. The van der Waals surface area contributed by atoms with Crippen LogP contribution in [-0.4, -0.2) is 84.6 Å². The van der Waals surface area contributed by atoms with E-state index in [9.17, 15) is 24.3 Å². The van der Waals surface area contributed by atoms with Crippen LogP contribution in [0, 0.1) is 0 Å². The Morgan fingerprint density at radius 2 is 1.56 bits per heavy atom. The van der Waals surface area contributed by atoms with Crippen LogP contribution in [0.15, 0.2) is 96.2 Å². The van der Waals surface area contributed by atoms with Crippen molar-refractivity contribution in [2.75, 3.05) is 12.4 Å². The van der Waals surface area contributed by atoms with Crippen LogP contribution in [0.5, 0.6) is 0 Å². The number of nitrogens with one attached hydrogen (secondary N) is 1. The molecule has 3 unspecified atom stereocenters. The highest BCUT2D eigenvalue weighted by Crippen LogP contribution is 2.29. The van der Waals surface area contributed by atoms with Gasteiger partial charge >= 0.3 is 5.97 Å². The van der Waals surface area contributed by atoms with Gasteiger partial charge in [0.25, 0.3) is 5.91 Å². The minimum atomic E-state index is -2.08. The van der Waals surface area contributed by atoms with Gasteiger partial charge in [0.15, 0.2) is 24.2 Å². The standard InChI is InChI=1S/C31H30N6O7S/c1-36-31(33-34-35-36)45-19-23(38)18-43-29-25(32-24(39)17-20-11-5-2-6-12-20)27(40)37(29)28(41)30(42)44-26(21-13-7-3-8-14-21)22-15-9-4-10-16-22/h2-16,25-26,28-29,41H,17-19H2,1H3,(H,32,39). The second kappa shape index (κ2) is 14.7. The van der Waals surface area contributed by atoms with Gasteiger partial charge in [-0.25, -0.2) is 9.48 Å². The molecule has 0 saturated carbocycles. The first-order valence-electron chi connectivity index (χ1n) is 13.9. The van der Waals surface area contributed by atoms with Gasteiger partial charge in [0.1, 0.15) is 6.61 Å². The summed E-state index contributed by atoms with van der Waals surface area (Å²) in [6.07, 6.45) is -4.29. The van der Waals surface area contributed by atoms with E-state index in [0.717, 1.165) is 22.2 Å². The monoisotopic (exact) mass is 630 g/mol. The number of benzene rings is 3. The molecule has 0 radical (unpaired) electrons. The van der Waals surface area contributed by atoms with Gasteiger partial charge in [-0.2, -0.15) is 0 Å². The van der Waals surface area contributed by atoms with Crippen molar-refractivity contribution in [2.24, 2.45) is 7.05 Å². The smallest absolute Gasteiger partial charge is 0.357 e. The number of hydrogen-bond acceptors (Lipinski definition) is 11. The number of aliphatic hydroxyl groups excluding tert-OH is 1. The number of amides is 2. The third-order valence-electron chi connectivity index (χ3n) is 6.88. The normalized spacial score (nSPS) is 16.6. The summed E-state index contributed by atoms with van der Waals surface area (Å²) in [4.78, 5) is 52.7. The third-order valence-corrected chi connectivity index (χ3v) is 7.95. The Morgan fingerprint density at radius 3 is 2.13 bits per heavy atom. The van der Waals surface area contributed by atoms with E-state index in [1.807, 2.05) is 18.2 Å². The summed E-state index contributed by atoms with van der Waals surface area (Å²) in [5, 5.41) is 25.1. The average Bonchev–Trinajstić information content (AvgIpc) is 3.48. The number of carbonyl (C=O) groups excluding carboxylic acids is 4. The molecule has 3 atom stereocenters. The van der Waals surface area contributed by atoms with E-state index >= 15 is 0 Å². The van der Waals surface area contributed by atoms with Gasteiger partial charge in [0.05, 0.1) is 12.2 Å². The topological polar surface area (TPSA) is 166 Å². The molecule has 2 amide bonds. The van der Waals surface area contributed by atoms with E-state index in [0.29, 0.717) is 16.3 Å². The lowest BCUT2D eigenvalue weighted by molar-refractivity contribution is -0.220. The Hall–Kier alpha value is -4.92. The molecule has 1 fully saturated rings. The van der Waals surface area contributed by atoms with Gasteiger partial charge < -0.3 is 19.9 Å². The molecule has 13 nitrogen and oxygen atoms in total. The molecule has 0 bridgehead atoms. The number of likely N-dealkylation sites (tertiary alicyclic amines) is 1. The summed E-state index contributed by atoms with van der Waals surface area (Å²) < 4.78 is 12.9. The van der Waals surface area contributed by atoms with E-state index in [-0.39, 0.29) is 18.0 Å². The number of aromatic nitrogens is 4. The van der Waals surface area contributed by atoms with Gasteiger partial charge in [0, 0.05) is 7.05 Å². The molecule has 1 saturated heterocycles. The molecule has 3 aromatic carbocycles. The number of aliphatic hydroxyl groups is 1. The number of thioether (sulfide) groups is 1. The summed E-state index contributed by atoms with van der Waals surface area (Å²) in [5.41, 5.74) is 2.02. The molecule has 14 heteroatoms. The predicted molar refractivity (Wildman–Crippen MR) is 160 cm³/mol. The zero-order chi connectivity index (χ0) is 31.8. The number of Topliss-reactive ketones (excluding diaryl/α,β-unsaturated/α-hetero) is 1. The van der Waals surface area contributed by atoms with Gasteiger partial charge in [0.2, 0.25) is 17.3 Å². The highest BCUT2D eigenvalue weighted by atomic mass is 32.2. The lowest BCUT2D eigenvalue weighted by Gasteiger charge is -2.47. The molecule has 4 aromatic rings. The van der Waals surface area contributed by atoms with Crippen LogP contribution in [0.25, 0.3) is 0 Å². The maximum absolute atomic E-state index is 13.3. The Morgan fingerprint density at radius 1 is 0.956 bits per heavy atom. The number of tetrazole rings is 1. The highest BCUT2D eigenvalue weighted by Gasteiger charge is 2.54. The van der Waals surface area contributed by atoms with Crippen molar-refractivity contribution in [3.63, 3.8) is 0 Å². The van der Waals surface area contributed by atoms with Crippen LogP contribution in [0.4, 0.5) is 0 Å². The quantitative estimate of drug-likeness (QED) is 0.118. The second-order valence-electron chi connectivity index (χ2n) is 10.1. The van der Waals surface area contributed by atoms with Gasteiger partial charge in [-0.05, 0) is 27.1 Å². The summed E-state index contributed by atoms with van der Waals surface area (Å²) in [6, 6.07) is 25.6. The van der Waals surface area contributed by atoms with E-state index in [4.69, 9.17) is 9.47 Å². The second-order valence-corrected chi connectivity index (χ2v) is 11.0. The van der Waals surface area contributed by atoms with Crippen molar-refractivity contribution < 1.29 is 33.8 Å². The fourth-order valence-electron chi connectivity index (χ4n) is 4.64. The fraction of sp³-hybridized carbons (Fsp3) is 0.258. The van der Waals surface area contributed by atoms with Crippen LogP contribution in [0.1, 0.15) is 22.8 Å². The minimum Gasteiger partial charge on any atom is -0.449 e. The lowest BCUT2D eigenvalue weighted by Crippen LogP contribution is -2.75. The van der Waals surface area contributed by atoms with Crippen LogP contribution < -0.4 is 5.32 Å². The van der Waals surface area contributed by atoms with Crippen molar-refractivity contribution in [1.82, 2.24) is 30.4 Å². The molecule has 1 aromatic heterocycles. The maximum atomic E-state index is 13.3. The summed E-state index contributed by atoms with van der Waals surface area (Å²) in [7, 11) is 1.63. The Balaban J connectivity index is 1.29. The molecule has 5 rings (SSSR count). The predicted octanol–water partition coefficient (Wildman–Crippen LogP) is 1.43. The van der Waals surface area contributed by atoms with E-state index in [1.54, 1.807) is 79.8 Å². The first kappa shape index (κ1) is 31.5. The first-order valence-corrected chi connectivity index (χ1v) is 14.9. The SMILES string of the molecule is Cn1nnnc1SCC(=O)COC1C(NC(=O)Cc2ccccc2)C(=O)N1C(O)C(=O)OC(c1ccccc1)c1ccccc1. The van der Waals surface area contributed by atoms with Crippen LogP contribution >= 0.6 is 11.8 Å². The maximum Gasteiger partial charge on any atom is 0.357 e. The van der Waals surface area contributed by atoms with Crippen LogP contribution in [0.2, 0.25) is 0 Å². The summed E-state index contributed by atoms with van der Waals surface area (Å²) in [6.45, 7) is -0.476. The zero-order valence-electron chi connectivity index (χ0n) is 24.1. The highest BCUT2D eigenvalue weighted by molar-refractivity contribution is 7.99. The Labute approximate surface area is 262 Å². The number of β-lactam (4-membered cyclic amide) rings is 1. The molecule has 1 aliphatic heterocycles. The minimum absolute atomic E-state index is 0.0148. The number of ether oxygens (including phenoxy) is 2. The van der Waals surface area contributed by atoms with E-state index < -0.39 is 49.0 Å². The van der Waals surface area contributed by atoms with E-state index in [1.165, 1.54) is 4.68 Å². The third kappa shape index (κ3) is 7.78. The molecule has 1 aliphatic rings. The van der Waals surface area contributed by atoms with Gasteiger partial charge in [-0.1, -0.05) is 103 Å². The number of ketones is 1. The molecule has 45 heavy (non-hydrogen) atoms. The Bertz CT molecular complexity index is 1580. The van der Waals surface area contributed by atoms with Gasteiger partial charge in [-0.15, -0.1) is 5.10 Å². The van der Waals surface area contributed by atoms with Crippen molar-refractivity contribution in [1.29, 1.82) is 0 Å². The zero-order valence-corrected chi connectivity index (χ0v) is 24.9. The molecule has 0 aliphatic carbocycles. The molecule has 0 spiro atoms. The number of nitrogens with zero attached hydrogens (tertiary/aromatic N) is 5. The molecular weight excluding hydrogens is 600 g/mol. The van der Waals surface area contributed by atoms with Crippen LogP contribution in [0.3, 0.4) is 0 Å². The van der Waals surface area contributed by atoms with Crippen molar-refractivity contribution in [2.45, 2.75) is 36.2 Å². The number of esters is 1. The van der Waals surface area contributed by atoms with Crippen molar-refractivity contribution in [3.8, 4) is 0 Å². The van der Waals surface area contributed by atoms with E-state index in [2.05, 4.69) is 20.8 Å². The summed E-state index contributed by atoms with van der Waals surface area (Å²) >= 11 is 1.09. The number of hydrogen-bond donors (Lipinski definition) is 2. The fourth-order valence-corrected chi connectivity index (χ4v) is 5.34. The molecule has 2 heterocycles. The lowest BCUT2D eigenvalue weighted by atomic mass is 10.0. The van der Waals surface area contributed by atoms with Crippen LogP contribution in [-0.2, 0) is 42.1 Å². The number of rotatable bonds is 14. The Kier molecular flexibility index (Phi) is 10.3. The van der Waals surface area contributed by atoms with Crippen molar-refractivity contribution >= 4 is 35.3 Å². The number of aryl methyl sites for hydroxylation is 1. The molecule has 232 valence electrons. The molecule has 2 N–H and O–H groups in total. The first-order chi connectivity index (χ1) is 21.8. The molecular formula is C31H30N6O7S. The number of carbonyl (C=O) groups is 4. The average molecular weight is 631 g/mol. The van der Waals surface area contributed by atoms with Gasteiger partial charge in [-0.3, -0.25) is 19.3 Å². The van der Waals surface area contributed by atoms with Crippen molar-refractivity contribution in [3.05, 3.63) is 108 Å². The largest absolute Gasteiger partial charge is 0.449 e.